The molecular formula is C27H37N3O3S. The first-order chi connectivity index (χ1) is 16.4. The van der Waals surface area contributed by atoms with E-state index in [1.165, 1.54) is 18.4 Å². The molecule has 0 bridgehead atoms. The van der Waals surface area contributed by atoms with Gasteiger partial charge in [0.2, 0.25) is 15.9 Å². The van der Waals surface area contributed by atoms with Crippen molar-refractivity contribution in [3.05, 3.63) is 65.7 Å². The smallest absolute Gasteiger partial charge is 0.243 e. The quantitative estimate of drug-likeness (QED) is 0.586. The van der Waals surface area contributed by atoms with Gasteiger partial charge < -0.3 is 5.32 Å². The van der Waals surface area contributed by atoms with Gasteiger partial charge in [0.05, 0.1) is 10.9 Å². The number of aryl methyl sites for hydroxylation is 1. The van der Waals surface area contributed by atoms with Gasteiger partial charge in [-0.25, -0.2) is 8.42 Å². The third kappa shape index (κ3) is 6.26. The molecule has 2 heterocycles. The molecule has 2 fully saturated rings. The lowest BCUT2D eigenvalue weighted by atomic mass is 9.95. The van der Waals surface area contributed by atoms with Crippen molar-refractivity contribution < 1.29 is 13.2 Å². The SMILES string of the molecule is CC1CCN(C(CNC(=O)CCc2ccc(S(=O)(=O)N3CCCC3)cc2)c2ccccc2)CC1. The standard InChI is InChI=1S/C27H37N3O3S/c1-22-15-19-29(20-16-22)26(24-7-3-2-4-8-24)21-28-27(31)14-11-23-9-12-25(13-10-23)34(32,33)30-17-5-6-18-30/h2-4,7-10,12-13,22,26H,5-6,11,14-21H2,1H3,(H,28,31). The van der Waals surface area contributed by atoms with Gasteiger partial charge in [0.25, 0.3) is 0 Å². The molecule has 2 aliphatic rings. The van der Waals surface area contributed by atoms with Crippen LogP contribution in [0.1, 0.15) is 56.2 Å². The van der Waals surface area contributed by atoms with Crippen LogP contribution in [0.25, 0.3) is 0 Å². The summed E-state index contributed by atoms with van der Waals surface area (Å²) in [6, 6.07) is 17.6. The van der Waals surface area contributed by atoms with Gasteiger partial charge in [-0.05, 0) is 74.4 Å². The molecule has 0 aliphatic carbocycles. The monoisotopic (exact) mass is 483 g/mol. The number of benzene rings is 2. The molecule has 0 saturated carbocycles. The number of piperidine rings is 1. The highest BCUT2D eigenvalue weighted by atomic mass is 32.2. The largest absolute Gasteiger partial charge is 0.354 e. The number of likely N-dealkylation sites (tertiary alicyclic amines) is 1. The third-order valence-corrected chi connectivity index (χ3v) is 9.12. The van der Waals surface area contributed by atoms with Crippen LogP contribution in [0.15, 0.2) is 59.5 Å². The van der Waals surface area contributed by atoms with E-state index in [0.717, 1.165) is 37.4 Å². The molecule has 2 aromatic carbocycles. The molecule has 1 unspecified atom stereocenters. The molecule has 4 rings (SSSR count). The highest BCUT2D eigenvalue weighted by Crippen LogP contribution is 2.26. The first-order valence-corrected chi connectivity index (χ1v) is 14.0. The molecule has 1 amide bonds. The van der Waals surface area contributed by atoms with E-state index in [1.807, 2.05) is 18.2 Å². The molecule has 0 spiro atoms. The molecule has 6 nitrogen and oxygen atoms in total. The number of hydrogen-bond donors (Lipinski definition) is 1. The molecule has 0 radical (unpaired) electrons. The molecule has 1 N–H and O–H groups in total. The van der Waals surface area contributed by atoms with Crippen molar-refractivity contribution >= 4 is 15.9 Å². The average molecular weight is 484 g/mol. The van der Waals surface area contributed by atoms with Crippen molar-refractivity contribution in [3.63, 3.8) is 0 Å². The summed E-state index contributed by atoms with van der Waals surface area (Å²) in [4.78, 5) is 15.5. The summed E-state index contributed by atoms with van der Waals surface area (Å²) in [7, 11) is -3.40. The summed E-state index contributed by atoms with van der Waals surface area (Å²) in [6.07, 6.45) is 5.22. The predicted molar refractivity (Wildman–Crippen MR) is 135 cm³/mol. The van der Waals surface area contributed by atoms with Gasteiger partial charge in [0.15, 0.2) is 0 Å². The highest BCUT2D eigenvalue weighted by molar-refractivity contribution is 7.89. The summed E-state index contributed by atoms with van der Waals surface area (Å²) in [5.74, 6) is 0.791. The number of carbonyl (C=O) groups is 1. The van der Waals surface area contributed by atoms with Crippen LogP contribution in [0.5, 0.6) is 0 Å². The first kappa shape index (κ1) is 24.9. The van der Waals surface area contributed by atoms with E-state index >= 15 is 0 Å². The van der Waals surface area contributed by atoms with Crippen molar-refractivity contribution in [1.82, 2.24) is 14.5 Å². The second-order valence-electron chi connectivity index (χ2n) is 9.70. The highest BCUT2D eigenvalue weighted by Gasteiger charge is 2.27. The number of hydrogen-bond acceptors (Lipinski definition) is 4. The number of amides is 1. The Morgan fingerprint density at radius 2 is 1.62 bits per heavy atom. The van der Waals surface area contributed by atoms with Gasteiger partial charge in [-0.1, -0.05) is 49.4 Å². The van der Waals surface area contributed by atoms with E-state index in [-0.39, 0.29) is 11.9 Å². The van der Waals surface area contributed by atoms with Crippen LogP contribution < -0.4 is 5.32 Å². The van der Waals surface area contributed by atoms with Gasteiger partial charge >= 0.3 is 0 Å². The Labute approximate surface area is 204 Å². The fourth-order valence-corrected chi connectivity index (χ4v) is 6.45. The maximum atomic E-state index is 12.7. The van der Waals surface area contributed by atoms with E-state index in [9.17, 15) is 13.2 Å². The zero-order chi connectivity index (χ0) is 24.0. The van der Waals surface area contributed by atoms with Gasteiger partial charge in [0, 0.05) is 26.1 Å². The molecule has 34 heavy (non-hydrogen) atoms. The van der Waals surface area contributed by atoms with E-state index in [2.05, 4.69) is 41.4 Å². The molecule has 2 aliphatic heterocycles. The van der Waals surface area contributed by atoms with Crippen LogP contribution in [-0.4, -0.2) is 56.3 Å². The molecule has 1 atom stereocenters. The predicted octanol–water partition coefficient (Wildman–Crippen LogP) is 3.99. The Hall–Kier alpha value is -2.22. The maximum Gasteiger partial charge on any atom is 0.243 e. The lowest BCUT2D eigenvalue weighted by Gasteiger charge is -2.37. The van der Waals surface area contributed by atoms with Crippen LogP contribution in [0.2, 0.25) is 0 Å². The van der Waals surface area contributed by atoms with Crippen molar-refractivity contribution in [2.75, 3.05) is 32.7 Å². The Balaban J connectivity index is 1.30. The maximum absolute atomic E-state index is 12.7. The molecule has 2 aromatic rings. The van der Waals surface area contributed by atoms with E-state index < -0.39 is 10.0 Å². The summed E-state index contributed by atoms with van der Waals surface area (Å²) in [6.45, 7) is 6.23. The van der Waals surface area contributed by atoms with Crippen molar-refractivity contribution in [1.29, 1.82) is 0 Å². The average Bonchev–Trinajstić information content (AvgIpc) is 3.41. The molecule has 184 valence electrons. The number of carbonyl (C=O) groups excluding carboxylic acids is 1. The Kier molecular flexibility index (Phi) is 8.40. The number of sulfonamides is 1. The van der Waals surface area contributed by atoms with Crippen molar-refractivity contribution in [2.24, 2.45) is 5.92 Å². The summed E-state index contributed by atoms with van der Waals surface area (Å²) in [5, 5.41) is 3.15. The molecule has 7 heteroatoms. The molecular weight excluding hydrogens is 446 g/mol. The molecule has 2 saturated heterocycles. The minimum atomic E-state index is -3.40. The van der Waals surface area contributed by atoms with Crippen LogP contribution in [0.3, 0.4) is 0 Å². The second-order valence-corrected chi connectivity index (χ2v) is 11.6. The lowest BCUT2D eigenvalue weighted by molar-refractivity contribution is -0.121. The summed E-state index contributed by atoms with van der Waals surface area (Å²) >= 11 is 0. The number of rotatable bonds is 9. The van der Waals surface area contributed by atoms with Crippen LogP contribution in [0, 0.1) is 5.92 Å². The van der Waals surface area contributed by atoms with E-state index in [0.29, 0.717) is 37.4 Å². The van der Waals surface area contributed by atoms with Gasteiger partial charge in [-0.3, -0.25) is 9.69 Å². The lowest BCUT2D eigenvalue weighted by Crippen LogP contribution is -2.42. The third-order valence-electron chi connectivity index (χ3n) is 7.20. The van der Waals surface area contributed by atoms with E-state index in [4.69, 9.17) is 0 Å². The molecule has 0 aromatic heterocycles. The fourth-order valence-electron chi connectivity index (χ4n) is 4.94. The Morgan fingerprint density at radius 1 is 0.971 bits per heavy atom. The van der Waals surface area contributed by atoms with Crippen LogP contribution in [0.4, 0.5) is 0 Å². The Bertz CT molecular complexity index is 1030. The second kappa shape index (κ2) is 11.5. The fraction of sp³-hybridized carbons (Fsp3) is 0.519. The topological polar surface area (TPSA) is 69.7 Å². The Morgan fingerprint density at radius 3 is 2.26 bits per heavy atom. The first-order valence-electron chi connectivity index (χ1n) is 12.6. The van der Waals surface area contributed by atoms with Gasteiger partial charge in [-0.15, -0.1) is 0 Å². The van der Waals surface area contributed by atoms with E-state index in [1.54, 1.807) is 16.4 Å². The minimum Gasteiger partial charge on any atom is -0.354 e. The summed E-state index contributed by atoms with van der Waals surface area (Å²) in [5.41, 5.74) is 2.22. The van der Waals surface area contributed by atoms with Crippen LogP contribution >= 0.6 is 0 Å². The number of nitrogens with zero attached hydrogens (tertiary/aromatic N) is 2. The zero-order valence-corrected chi connectivity index (χ0v) is 21.0. The summed E-state index contributed by atoms with van der Waals surface area (Å²) < 4.78 is 26.9. The van der Waals surface area contributed by atoms with Gasteiger partial charge in [0.1, 0.15) is 0 Å². The normalized spacial score (nSPS) is 19.2. The zero-order valence-electron chi connectivity index (χ0n) is 20.2. The van der Waals surface area contributed by atoms with Gasteiger partial charge in [-0.2, -0.15) is 4.31 Å². The number of nitrogens with one attached hydrogen (secondary N) is 1. The van der Waals surface area contributed by atoms with Crippen LogP contribution in [-0.2, 0) is 21.2 Å². The van der Waals surface area contributed by atoms with Crippen molar-refractivity contribution in [3.8, 4) is 0 Å². The van der Waals surface area contributed by atoms with Crippen molar-refractivity contribution in [2.45, 2.75) is 56.4 Å². The minimum absolute atomic E-state index is 0.0278.